The Kier molecular flexibility index (Phi) is 7.53. The number of benzene rings is 1. The van der Waals surface area contributed by atoms with E-state index in [0.717, 1.165) is 5.56 Å². The molecule has 1 aliphatic rings. The van der Waals surface area contributed by atoms with E-state index in [9.17, 15) is 14.4 Å². The molecule has 1 aromatic rings. The number of ether oxygens (including phenoxy) is 4. The molecule has 1 aliphatic heterocycles. The van der Waals surface area contributed by atoms with Crippen molar-refractivity contribution in [2.24, 2.45) is 11.7 Å². The number of carbonyl (C=O) groups is 3. The van der Waals surface area contributed by atoms with Crippen LogP contribution in [0.15, 0.2) is 30.3 Å². The first-order valence-corrected chi connectivity index (χ1v) is 9.23. The largest absolute Gasteiger partial charge is 0.458 e. The highest BCUT2D eigenvalue weighted by Gasteiger charge is 2.43. The molecule has 0 aromatic heterocycles. The van der Waals surface area contributed by atoms with Crippen molar-refractivity contribution in [3.8, 4) is 0 Å². The molecule has 1 saturated heterocycles. The lowest BCUT2D eigenvalue weighted by Gasteiger charge is -2.29. The molecule has 5 atom stereocenters. The summed E-state index contributed by atoms with van der Waals surface area (Å²) >= 11 is 0. The number of esters is 3. The van der Waals surface area contributed by atoms with Gasteiger partial charge in [0.15, 0.2) is 12.2 Å². The van der Waals surface area contributed by atoms with Gasteiger partial charge >= 0.3 is 17.9 Å². The van der Waals surface area contributed by atoms with E-state index < -0.39 is 54.3 Å². The molecule has 1 heterocycles. The van der Waals surface area contributed by atoms with E-state index >= 15 is 0 Å². The van der Waals surface area contributed by atoms with Crippen LogP contribution in [0.4, 0.5) is 0 Å². The van der Waals surface area contributed by atoms with Gasteiger partial charge in [0.1, 0.15) is 18.2 Å². The number of hydrogen-bond acceptors (Lipinski definition) is 8. The minimum Gasteiger partial charge on any atom is -0.458 e. The predicted molar refractivity (Wildman–Crippen MR) is 98.8 cm³/mol. The zero-order valence-corrected chi connectivity index (χ0v) is 16.5. The van der Waals surface area contributed by atoms with Crippen LogP contribution in [0, 0.1) is 5.92 Å². The summed E-state index contributed by atoms with van der Waals surface area (Å²) in [6, 6.07) is 8.04. The molecule has 8 heteroatoms. The second-order valence-corrected chi connectivity index (χ2v) is 7.08. The van der Waals surface area contributed by atoms with Gasteiger partial charge in [-0.3, -0.25) is 9.59 Å². The zero-order valence-electron chi connectivity index (χ0n) is 16.5. The highest BCUT2D eigenvalue weighted by molar-refractivity contribution is 5.81. The monoisotopic (exact) mass is 393 g/mol. The second-order valence-electron chi connectivity index (χ2n) is 7.08. The summed E-state index contributed by atoms with van der Waals surface area (Å²) in [5.74, 6) is -2.51. The van der Waals surface area contributed by atoms with Gasteiger partial charge in [0, 0.05) is 0 Å². The van der Waals surface area contributed by atoms with Crippen LogP contribution in [0.5, 0.6) is 0 Å². The van der Waals surface area contributed by atoms with Crippen molar-refractivity contribution in [1.29, 1.82) is 0 Å². The van der Waals surface area contributed by atoms with Gasteiger partial charge in [-0.2, -0.15) is 0 Å². The van der Waals surface area contributed by atoms with Crippen molar-refractivity contribution >= 4 is 17.9 Å². The molecule has 28 heavy (non-hydrogen) atoms. The van der Waals surface area contributed by atoms with Gasteiger partial charge in [0.25, 0.3) is 0 Å². The maximum absolute atomic E-state index is 12.8. The topological polar surface area (TPSA) is 114 Å². The summed E-state index contributed by atoms with van der Waals surface area (Å²) in [4.78, 5) is 37.1. The van der Waals surface area contributed by atoms with E-state index in [2.05, 4.69) is 0 Å². The predicted octanol–water partition coefficient (Wildman–Crippen LogP) is 1.34. The highest BCUT2D eigenvalue weighted by atomic mass is 16.6. The first-order chi connectivity index (χ1) is 13.2. The van der Waals surface area contributed by atoms with E-state index in [-0.39, 0.29) is 6.61 Å². The Bertz CT molecular complexity index is 691. The Balaban J connectivity index is 2.31. The number of rotatable bonds is 5. The van der Waals surface area contributed by atoms with E-state index in [1.807, 2.05) is 30.3 Å². The smallest absolute Gasteiger partial charge is 0.339 e. The van der Waals surface area contributed by atoms with Crippen LogP contribution < -0.4 is 5.73 Å². The summed E-state index contributed by atoms with van der Waals surface area (Å²) < 4.78 is 21.9. The van der Waals surface area contributed by atoms with E-state index in [1.165, 1.54) is 13.8 Å². The highest BCUT2D eigenvalue weighted by Crippen LogP contribution is 2.21. The molecule has 1 aromatic carbocycles. The molecule has 8 nitrogen and oxygen atoms in total. The lowest BCUT2D eigenvalue weighted by molar-refractivity contribution is -0.190. The normalized spacial score (nSPS) is 28.6. The van der Waals surface area contributed by atoms with Gasteiger partial charge < -0.3 is 24.7 Å². The van der Waals surface area contributed by atoms with Crippen LogP contribution in [0.3, 0.4) is 0 Å². The van der Waals surface area contributed by atoms with E-state index in [4.69, 9.17) is 24.7 Å². The van der Waals surface area contributed by atoms with Crippen molar-refractivity contribution in [2.45, 2.75) is 64.8 Å². The van der Waals surface area contributed by atoms with Crippen molar-refractivity contribution in [3.63, 3.8) is 0 Å². The maximum atomic E-state index is 12.8. The minimum atomic E-state index is -1.28. The second kappa shape index (κ2) is 9.66. The SMILES string of the molecule is CC(C)C(=O)O[C@H]1[C@H](C)OC(=O)[C@@H](N)[C@@H](C)OC(=O)[C@@H]1OCc1ccccc1. The first kappa shape index (κ1) is 21.8. The van der Waals surface area contributed by atoms with Gasteiger partial charge in [0.2, 0.25) is 0 Å². The summed E-state index contributed by atoms with van der Waals surface area (Å²) in [6.07, 6.45) is -4.33. The quantitative estimate of drug-likeness (QED) is 0.589. The average Bonchev–Trinajstić information content (AvgIpc) is 2.68. The maximum Gasteiger partial charge on any atom is 0.339 e. The van der Waals surface area contributed by atoms with Crippen molar-refractivity contribution in [1.82, 2.24) is 0 Å². The Morgan fingerprint density at radius 2 is 1.68 bits per heavy atom. The Labute approximate surface area is 164 Å². The molecule has 0 spiro atoms. The number of carbonyl (C=O) groups excluding carboxylic acids is 3. The van der Waals surface area contributed by atoms with Crippen LogP contribution in [0.25, 0.3) is 0 Å². The van der Waals surface area contributed by atoms with Crippen molar-refractivity contribution < 1.29 is 33.3 Å². The summed E-state index contributed by atoms with van der Waals surface area (Å²) in [7, 11) is 0. The Hall–Kier alpha value is -2.45. The lowest BCUT2D eigenvalue weighted by Crippen LogP contribution is -2.48. The molecule has 0 unspecified atom stereocenters. The fourth-order valence-electron chi connectivity index (χ4n) is 2.58. The first-order valence-electron chi connectivity index (χ1n) is 9.23. The van der Waals surface area contributed by atoms with Gasteiger partial charge in [-0.25, -0.2) is 4.79 Å². The molecule has 0 bridgehead atoms. The number of cyclic esters (lactones) is 2. The third-order valence-corrected chi connectivity index (χ3v) is 4.37. The van der Waals surface area contributed by atoms with Gasteiger partial charge in [0.05, 0.1) is 12.5 Å². The molecule has 0 aliphatic carbocycles. The summed E-state index contributed by atoms with van der Waals surface area (Å²) in [6.45, 7) is 6.40. The van der Waals surface area contributed by atoms with Crippen LogP contribution in [-0.2, 0) is 39.9 Å². The fourth-order valence-corrected chi connectivity index (χ4v) is 2.58. The lowest BCUT2D eigenvalue weighted by atomic mass is 10.1. The zero-order chi connectivity index (χ0) is 20.8. The van der Waals surface area contributed by atoms with E-state index in [0.29, 0.717) is 0 Å². The third kappa shape index (κ3) is 5.53. The molecule has 0 amide bonds. The van der Waals surface area contributed by atoms with Crippen LogP contribution >= 0.6 is 0 Å². The van der Waals surface area contributed by atoms with Gasteiger partial charge in [-0.05, 0) is 19.4 Å². The molecule has 0 saturated carbocycles. The van der Waals surface area contributed by atoms with Gasteiger partial charge in [-0.1, -0.05) is 44.2 Å². The van der Waals surface area contributed by atoms with Gasteiger partial charge in [-0.15, -0.1) is 0 Å². The molecule has 2 N–H and O–H groups in total. The van der Waals surface area contributed by atoms with Crippen LogP contribution in [-0.4, -0.2) is 48.4 Å². The molecular weight excluding hydrogens is 366 g/mol. The number of nitrogens with two attached hydrogens (primary N) is 1. The Morgan fingerprint density at radius 3 is 2.29 bits per heavy atom. The molecule has 154 valence electrons. The molecule has 2 rings (SSSR count). The standard InChI is InChI=1S/C20H27NO7/c1-11(2)18(22)28-16-13(4)27-19(23)15(21)12(3)26-20(24)17(16)25-10-14-8-6-5-7-9-14/h5-9,11-13,15-17H,10,21H2,1-4H3/t12-,13+,15+,16+,17-/m1/s1. The number of hydrogen-bond donors (Lipinski definition) is 1. The van der Waals surface area contributed by atoms with Crippen molar-refractivity contribution in [2.75, 3.05) is 0 Å². The van der Waals surface area contributed by atoms with Crippen LogP contribution in [0.2, 0.25) is 0 Å². The summed E-state index contributed by atoms with van der Waals surface area (Å²) in [5.41, 5.74) is 6.61. The van der Waals surface area contributed by atoms with Crippen molar-refractivity contribution in [3.05, 3.63) is 35.9 Å². The molecule has 1 fully saturated rings. The van der Waals surface area contributed by atoms with Crippen LogP contribution in [0.1, 0.15) is 33.3 Å². The summed E-state index contributed by atoms with van der Waals surface area (Å²) in [5, 5.41) is 0. The third-order valence-electron chi connectivity index (χ3n) is 4.37. The molecule has 0 radical (unpaired) electrons. The molecular formula is C20H27NO7. The average molecular weight is 393 g/mol. The minimum absolute atomic E-state index is 0.0808. The Morgan fingerprint density at radius 1 is 1.07 bits per heavy atom. The van der Waals surface area contributed by atoms with E-state index in [1.54, 1.807) is 13.8 Å². The fraction of sp³-hybridized carbons (Fsp3) is 0.550.